The zero-order chi connectivity index (χ0) is 23.6. The molecule has 4 rings (SSSR count). The van der Waals surface area contributed by atoms with Crippen molar-refractivity contribution in [2.45, 2.75) is 19.3 Å². The van der Waals surface area contributed by atoms with Gasteiger partial charge in [-0.15, -0.1) is 0 Å². The topological polar surface area (TPSA) is 138 Å². The number of hydrogen-bond donors (Lipinski definition) is 0. The summed E-state index contributed by atoms with van der Waals surface area (Å²) in [5.41, 5.74) is 2.51. The summed E-state index contributed by atoms with van der Waals surface area (Å²) < 4.78 is 0. The molecule has 4 heterocycles. The molecule has 4 aromatic heterocycles. The van der Waals surface area contributed by atoms with Crippen LogP contribution in [0.15, 0.2) is 72.8 Å². The van der Waals surface area contributed by atoms with E-state index in [4.69, 9.17) is 9.97 Å². The van der Waals surface area contributed by atoms with Gasteiger partial charge in [-0.2, -0.15) is 0 Å². The van der Waals surface area contributed by atoms with Gasteiger partial charge in [-0.1, -0.05) is 12.1 Å². The Morgan fingerprint density at radius 3 is 1.27 bits per heavy atom. The highest BCUT2D eigenvalue weighted by atomic mass is 16.6. The van der Waals surface area contributed by atoms with E-state index in [0.29, 0.717) is 34.2 Å². The molecular formula is C23H18N6O4. The third-order valence-electron chi connectivity index (χ3n) is 5.15. The summed E-state index contributed by atoms with van der Waals surface area (Å²) in [6, 6.07) is 19.9. The zero-order valence-corrected chi connectivity index (χ0v) is 17.7. The van der Waals surface area contributed by atoms with E-state index >= 15 is 0 Å². The van der Waals surface area contributed by atoms with Gasteiger partial charge in [-0.25, -0.2) is 9.97 Å². The van der Waals surface area contributed by atoms with Gasteiger partial charge in [0.1, 0.15) is 11.4 Å². The van der Waals surface area contributed by atoms with Crippen LogP contribution < -0.4 is 0 Å². The number of rotatable bonds is 6. The Labute approximate surface area is 188 Å². The van der Waals surface area contributed by atoms with Crippen LogP contribution in [0.5, 0.6) is 0 Å². The van der Waals surface area contributed by atoms with Gasteiger partial charge >= 0.3 is 11.6 Å². The van der Waals surface area contributed by atoms with Crippen molar-refractivity contribution in [3.8, 4) is 22.8 Å². The van der Waals surface area contributed by atoms with Crippen molar-refractivity contribution in [3.63, 3.8) is 0 Å². The molecule has 0 saturated heterocycles. The average molecular weight is 442 g/mol. The van der Waals surface area contributed by atoms with E-state index in [0.717, 1.165) is 0 Å². The van der Waals surface area contributed by atoms with Crippen molar-refractivity contribution >= 4 is 11.6 Å². The maximum Gasteiger partial charge on any atom is 0.364 e. The summed E-state index contributed by atoms with van der Waals surface area (Å²) in [6.07, 6.45) is 0. The van der Waals surface area contributed by atoms with Crippen molar-refractivity contribution in [1.82, 2.24) is 19.9 Å². The highest BCUT2D eigenvalue weighted by Gasteiger charge is 2.28. The SMILES string of the molecule is CC(C)(c1cccc(-c2cccc([N+](=O)[O-])n2)n1)c1cccc(-c2cccc([N+](=O)[O-])n2)n1. The average Bonchev–Trinajstić information content (AvgIpc) is 2.84. The molecule has 0 bridgehead atoms. The van der Waals surface area contributed by atoms with E-state index < -0.39 is 15.3 Å². The lowest BCUT2D eigenvalue weighted by Crippen LogP contribution is -2.22. The largest absolute Gasteiger partial charge is 0.364 e. The lowest BCUT2D eigenvalue weighted by Gasteiger charge is -2.24. The molecule has 0 radical (unpaired) electrons. The highest BCUT2D eigenvalue weighted by molar-refractivity contribution is 5.58. The van der Waals surface area contributed by atoms with E-state index in [1.54, 1.807) is 36.4 Å². The summed E-state index contributed by atoms with van der Waals surface area (Å²) >= 11 is 0. The molecule has 10 heteroatoms. The molecule has 0 amide bonds. The summed E-state index contributed by atoms with van der Waals surface area (Å²) in [5.74, 6) is -0.504. The Morgan fingerprint density at radius 2 is 0.909 bits per heavy atom. The monoisotopic (exact) mass is 442 g/mol. The first-order valence-electron chi connectivity index (χ1n) is 9.94. The van der Waals surface area contributed by atoms with Crippen LogP contribution in [0.1, 0.15) is 25.2 Å². The van der Waals surface area contributed by atoms with Crippen LogP contribution in [0.3, 0.4) is 0 Å². The van der Waals surface area contributed by atoms with E-state index in [1.807, 2.05) is 38.1 Å². The predicted molar refractivity (Wildman–Crippen MR) is 120 cm³/mol. The Morgan fingerprint density at radius 1 is 0.576 bits per heavy atom. The number of nitro groups is 2. The first-order valence-corrected chi connectivity index (χ1v) is 9.94. The summed E-state index contributed by atoms with van der Waals surface area (Å²) in [4.78, 5) is 38.6. The van der Waals surface area contributed by atoms with Crippen LogP contribution in [0, 0.1) is 20.2 Å². The normalized spacial score (nSPS) is 11.2. The van der Waals surface area contributed by atoms with E-state index in [1.165, 1.54) is 12.1 Å². The van der Waals surface area contributed by atoms with Gasteiger partial charge in [0.15, 0.2) is 0 Å². The fourth-order valence-corrected chi connectivity index (χ4v) is 3.32. The Hall–Kier alpha value is -4.60. The molecule has 0 unspecified atom stereocenters. The first kappa shape index (κ1) is 21.6. The molecule has 0 fully saturated rings. The van der Waals surface area contributed by atoms with Crippen molar-refractivity contribution in [2.24, 2.45) is 0 Å². The fraction of sp³-hybridized carbons (Fsp3) is 0.130. The lowest BCUT2D eigenvalue weighted by atomic mass is 9.84. The number of pyridine rings is 4. The number of nitrogens with zero attached hydrogens (tertiary/aromatic N) is 6. The van der Waals surface area contributed by atoms with Gasteiger partial charge < -0.3 is 20.2 Å². The number of aromatic nitrogens is 4. The van der Waals surface area contributed by atoms with E-state index in [2.05, 4.69) is 9.97 Å². The van der Waals surface area contributed by atoms with Crippen LogP contribution in [0.25, 0.3) is 22.8 Å². The van der Waals surface area contributed by atoms with Crippen LogP contribution in [0.4, 0.5) is 11.6 Å². The fourth-order valence-electron chi connectivity index (χ4n) is 3.32. The Kier molecular flexibility index (Phi) is 5.57. The molecular weight excluding hydrogens is 424 g/mol. The second-order valence-electron chi connectivity index (χ2n) is 7.72. The maximum atomic E-state index is 11.1. The zero-order valence-electron chi connectivity index (χ0n) is 17.7. The minimum absolute atomic E-state index is 0.252. The van der Waals surface area contributed by atoms with Crippen LogP contribution in [0.2, 0.25) is 0 Å². The van der Waals surface area contributed by atoms with Crippen molar-refractivity contribution in [3.05, 3.63) is 104 Å². The van der Waals surface area contributed by atoms with Gasteiger partial charge in [-0.05, 0) is 82.2 Å². The molecule has 0 spiro atoms. The molecule has 0 aliphatic rings. The molecule has 164 valence electrons. The third kappa shape index (κ3) is 4.40. The van der Waals surface area contributed by atoms with Crippen molar-refractivity contribution in [1.29, 1.82) is 0 Å². The highest BCUT2D eigenvalue weighted by Crippen LogP contribution is 2.31. The molecule has 0 aliphatic heterocycles. The molecule has 10 nitrogen and oxygen atoms in total. The standard InChI is InChI=1S/C23H18N6O4/c1-23(2,19-11-3-7-15(24-19)17-9-5-13-21(26-17)28(30)31)20-12-4-8-16(25-20)18-10-6-14-22(27-18)29(32)33/h3-14H,1-2H3. The molecule has 33 heavy (non-hydrogen) atoms. The van der Waals surface area contributed by atoms with Crippen LogP contribution >= 0.6 is 0 Å². The summed E-state index contributed by atoms with van der Waals surface area (Å²) in [6.45, 7) is 3.90. The van der Waals surface area contributed by atoms with Crippen molar-refractivity contribution in [2.75, 3.05) is 0 Å². The second kappa shape index (κ2) is 8.50. The minimum atomic E-state index is -0.645. The molecule has 0 aliphatic carbocycles. The van der Waals surface area contributed by atoms with Gasteiger partial charge in [0.25, 0.3) is 0 Å². The van der Waals surface area contributed by atoms with E-state index in [9.17, 15) is 20.2 Å². The molecule has 4 aromatic rings. The maximum absolute atomic E-state index is 11.1. The molecule has 0 saturated carbocycles. The smallest absolute Gasteiger partial charge is 0.358 e. The van der Waals surface area contributed by atoms with Gasteiger partial charge in [0.2, 0.25) is 11.4 Å². The third-order valence-corrected chi connectivity index (χ3v) is 5.15. The summed E-state index contributed by atoms with van der Waals surface area (Å²) in [5, 5.41) is 22.1. The van der Waals surface area contributed by atoms with Gasteiger partial charge in [0, 0.05) is 17.5 Å². The molecule has 0 aromatic carbocycles. The van der Waals surface area contributed by atoms with Gasteiger partial charge in [0.05, 0.1) is 11.4 Å². The molecule has 0 N–H and O–H groups in total. The predicted octanol–water partition coefficient (Wildman–Crippen LogP) is 4.74. The Bertz CT molecular complexity index is 1270. The van der Waals surface area contributed by atoms with Crippen molar-refractivity contribution < 1.29 is 9.85 Å². The van der Waals surface area contributed by atoms with Gasteiger partial charge in [-0.3, -0.25) is 0 Å². The molecule has 0 atom stereocenters. The second-order valence-corrected chi connectivity index (χ2v) is 7.72. The summed E-state index contributed by atoms with van der Waals surface area (Å²) in [7, 11) is 0. The van der Waals surface area contributed by atoms with Crippen LogP contribution in [-0.2, 0) is 5.41 Å². The Balaban J connectivity index is 1.72. The number of hydrogen-bond acceptors (Lipinski definition) is 8. The quantitative estimate of drug-likeness (QED) is 0.308. The minimum Gasteiger partial charge on any atom is -0.358 e. The first-order chi connectivity index (χ1) is 15.8. The lowest BCUT2D eigenvalue weighted by molar-refractivity contribution is -0.389. The van der Waals surface area contributed by atoms with Crippen LogP contribution in [-0.4, -0.2) is 29.8 Å². The van der Waals surface area contributed by atoms with E-state index in [-0.39, 0.29) is 11.6 Å².